The van der Waals surface area contributed by atoms with Crippen molar-refractivity contribution in [1.82, 2.24) is 0 Å². The maximum absolute atomic E-state index is 11.8. The van der Waals surface area contributed by atoms with Crippen LogP contribution >= 0.6 is 15.9 Å². The second-order valence-corrected chi connectivity index (χ2v) is 5.09. The van der Waals surface area contributed by atoms with Crippen LogP contribution in [0.1, 0.15) is 5.56 Å². The summed E-state index contributed by atoms with van der Waals surface area (Å²) in [6.45, 7) is 0. The third kappa shape index (κ3) is 2.69. The van der Waals surface area contributed by atoms with Crippen molar-refractivity contribution < 1.29 is 4.42 Å². The molecule has 0 N–H and O–H groups in total. The van der Waals surface area contributed by atoms with Crippen molar-refractivity contribution in [1.29, 1.82) is 5.26 Å². The average Bonchev–Trinajstić information content (AvgIpc) is 2.37. The average molecular weight is 319 g/mol. The zero-order chi connectivity index (χ0) is 14.0. The molecule has 0 aliphatic heterocycles. The normalized spacial score (nSPS) is 10.0. The summed E-state index contributed by atoms with van der Waals surface area (Å²) in [7, 11) is 3.56. The third-order valence-electron chi connectivity index (χ3n) is 2.63. The Balaban J connectivity index is 2.68. The topological polar surface area (TPSA) is 57.2 Å². The number of nitriles is 1. The highest BCUT2D eigenvalue weighted by Crippen LogP contribution is 2.26. The van der Waals surface area contributed by atoms with Crippen molar-refractivity contribution in [2.45, 2.75) is 0 Å². The summed E-state index contributed by atoms with van der Waals surface area (Å²) in [5.41, 5.74) is 0.722. The van der Waals surface area contributed by atoms with Crippen molar-refractivity contribution in [3.8, 4) is 17.4 Å². The first-order valence-electron chi connectivity index (χ1n) is 5.54. The van der Waals surface area contributed by atoms with Gasteiger partial charge in [0.1, 0.15) is 11.8 Å². The molecule has 0 spiro atoms. The minimum Gasteiger partial charge on any atom is -0.422 e. The Morgan fingerprint density at radius 3 is 2.63 bits per heavy atom. The molecule has 2 aromatic rings. The molecule has 5 heteroatoms. The van der Waals surface area contributed by atoms with Gasteiger partial charge in [-0.1, -0.05) is 28.1 Å². The van der Waals surface area contributed by atoms with E-state index >= 15 is 0 Å². The lowest BCUT2D eigenvalue weighted by atomic mass is 10.1. The SMILES string of the molecule is CN(C)c1cc(-c2cccc(Br)c2)oc(=O)c1C#N. The minimum absolute atomic E-state index is 0.0174. The molecule has 0 saturated carbocycles. The first kappa shape index (κ1) is 13.4. The van der Waals surface area contributed by atoms with Crippen LogP contribution in [0.15, 0.2) is 44.0 Å². The van der Waals surface area contributed by atoms with Gasteiger partial charge in [-0.25, -0.2) is 4.79 Å². The highest BCUT2D eigenvalue weighted by molar-refractivity contribution is 9.10. The molecule has 0 aliphatic rings. The van der Waals surface area contributed by atoms with Crippen molar-refractivity contribution >= 4 is 21.6 Å². The molecule has 1 aromatic carbocycles. The van der Waals surface area contributed by atoms with Crippen LogP contribution in [0.4, 0.5) is 5.69 Å². The van der Waals surface area contributed by atoms with E-state index in [0.717, 1.165) is 10.0 Å². The molecule has 19 heavy (non-hydrogen) atoms. The maximum Gasteiger partial charge on any atom is 0.356 e. The number of hydrogen-bond donors (Lipinski definition) is 0. The smallest absolute Gasteiger partial charge is 0.356 e. The fourth-order valence-electron chi connectivity index (χ4n) is 1.72. The summed E-state index contributed by atoms with van der Waals surface area (Å²) in [4.78, 5) is 13.5. The predicted molar refractivity (Wildman–Crippen MR) is 77.2 cm³/mol. The van der Waals surface area contributed by atoms with Gasteiger partial charge in [0.05, 0.1) is 5.69 Å². The first-order valence-corrected chi connectivity index (χ1v) is 6.33. The molecule has 0 amide bonds. The summed E-state index contributed by atoms with van der Waals surface area (Å²) >= 11 is 3.37. The van der Waals surface area contributed by atoms with Crippen LogP contribution in [-0.4, -0.2) is 14.1 Å². The van der Waals surface area contributed by atoms with E-state index in [9.17, 15) is 4.79 Å². The minimum atomic E-state index is -0.622. The Morgan fingerprint density at radius 1 is 1.32 bits per heavy atom. The number of benzene rings is 1. The second kappa shape index (κ2) is 5.29. The van der Waals surface area contributed by atoms with Gasteiger partial charge in [-0.2, -0.15) is 5.26 Å². The maximum atomic E-state index is 11.8. The molecule has 96 valence electrons. The molecule has 0 aliphatic carbocycles. The number of halogens is 1. The number of anilines is 1. The van der Waals surface area contributed by atoms with E-state index in [1.165, 1.54) is 0 Å². The van der Waals surface area contributed by atoms with Gasteiger partial charge in [-0.05, 0) is 12.1 Å². The molecule has 0 atom stereocenters. The van der Waals surface area contributed by atoms with Crippen LogP contribution in [0.5, 0.6) is 0 Å². The molecular weight excluding hydrogens is 308 g/mol. The van der Waals surface area contributed by atoms with Crippen LogP contribution < -0.4 is 10.5 Å². The van der Waals surface area contributed by atoms with Gasteiger partial charge in [0.15, 0.2) is 5.56 Å². The number of hydrogen-bond acceptors (Lipinski definition) is 4. The van der Waals surface area contributed by atoms with Crippen molar-refractivity contribution in [3.05, 3.63) is 50.8 Å². The fourth-order valence-corrected chi connectivity index (χ4v) is 2.12. The van der Waals surface area contributed by atoms with Crippen molar-refractivity contribution in [2.75, 3.05) is 19.0 Å². The van der Waals surface area contributed by atoms with E-state index in [1.54, 1.807) is 25.1 Å². The predicted octanol–water partition coefficient (Wildman–Crippen LogP) is 3.01. The lowest BCUT2D eigenvalue weighted by molar-refractivity contribution is 0.523. The van der Waals surface area contributed by atoms with E-state index in [1.807, 2.05) is 30.3 Å². The molecule has 0 fully saturated rings. The van der Waals surface area contributed by atoms with E-state index in [0.29, 0.717) is 11.4 Å². The van der Waals surface area contributed by atoms with E-state index in [4.69, 9.17) is 9.68 Å². The van der Waals surface area contributed by atoms with Gasteiger partial charge in [-0.3, -0.25) is 0 Å². The van der Waals surface area contributed by atoms with Gasteiger partial charge in [0, 0.05) is 30.2 Å². The summed E-state index contributed by atoms with van der Waals surface area (Å²) in [6.07, 6.45) is 0. The second-order valence-electron chi connectivity index (χ2n) is 4.17. The molecular formula is C14H11BrN2O2. The van der Waals surface area contributed by atoms with Crippen LogP contribution in [0, 0.1) is 11.3 Å². The fraction of sp³-hybridized carbons (Fsp3) is 0.143. The van der Waals surface area contributed by atoms with E-state index in [-0.39, 0.29) is 5.56 Å². The summed E-state index contributed by atoms with van der Waals surface area (Å²) < 4.78 is 6.10. The van der Waals surface area contributed by atoms with Crippen LogP contribution in [-0.2, 0) is 0 Å². The number of nitrogens with zero attached hydrogens (tertiary/aromatic N) is 2. The van der Waals surface area contributed by atoms with Crippen LogP contribution in [0.3, 0.4) is 0 Å². The van der Waals surface area contributed by atoms with Gasteiger partial charge >= 0.3 is 5.63 Å². The summed E-state index contributed by atoms with van der Waals surface area (Å²) in [6, 6.07) is 11.0. The van der Waals surface area contributed by atoms with Gasteiger partial charge in [0.2, 0.25) is 0 Å². The highest BCUT2D eigenvalue weighted by atomic mass is 79.9. The molecule has 0 saturated heterocycles. The molecule has 0 unspecified atom stereocenters. The standard InChI is InChI=1S/C14H11BrN2O2/c1-17(2)12-7-13(19-14(18)11(12)8-16)9-4-3-5-10(15)6-9/h3-7H,1-2H3. The molecule has 2 rings (SSSR count). The van der Waals surface area contributed by atoms with Crippen molar-refractivity contribution in [2.24, 2.45) is 0 Å². The lowest BCUT2D eigenvalue weighted by Crippen LogP contribution is -2.16. The summed E-state index contributed by atoms with van der Waals surface area (Å²) in [5, 5.41) is 9.01. The van der Waals surface area contributed by atoms with Crippen molar-refractivity contribution in [3.63, 3.8) is 0 Å². The largest absolute Gasteiger partial charge is 0.422 e. The van der Waals surface area contributed by atoms with Gasteiger partial charge < -0.3 is 9.32 Å². The van der Waals surface area contributed by atoms with Crippen LogP contribution in [0.2, 0.25) is 0 Å². The zero-order valence-corrected chi connectivity index (χ0v) is 12.1. The molecule has 4 nitrogen and oxygen atoms in total. The Morgan fingerprint density at radius 2 is 2.05 bits per heavy atom. The van der Waals surface area contributed by atoms with Gasteiger partial charge in [0.25, 0.3) is 0 Å². The van der Waals surface area contributed by atoms with Gasteiger partial charge in [-0.15, -0.1) is 0 Å². The first-order chi connectivity index (χ1) is 9.02. The Kier molecular flexibility index (Phi) is 3.72. The number of rotatable bonds is 2. The molecule has 0 bridgehead atoms. The highest BCUT2D eigenvalue weighted by Gasteiger charge is 2.14. The Bertz CT molecular complexity index is 714. The molecule has 0 radical (unpaired) electrons. The third-order valence-corrected chi connectivity index (χ3v) is 3.13. The van der Waals surface area contributed by atoms with E-state index < -0.39 is 5.63 Å². The lowest BCUT2D eigenvalue weighted by Gasteiger charge is -2.14. The quantitative estimate of drug-likeness (QED) is 0.854. The Hall–Kier alpha value is -2.06. The van der Waals surface area contributed by atoms with Crippen LogP contribution in [0.25, 0.3) is 11.3 Å². The summed E-state index contributed by atoms with van der Waals surface area (Å²) in [5.74, 6) is 0.439. The zero-order valence-electron chi connectivity index (χ0n) is 10.5. The Labute approximate surface area is 119 Å². The molecule has 1 heterocycles. The monoisotopic (exact) mass is 318 g/mol. The molecule has 1 aromatic heterocycles. The van der Waals surface area contributed by atoms with E-state index in [2.05, 4.69) is 15.9 Å².